The number of nitrogens with one attached hydrogen (secondary N) is 22. The van der Waals surface area contributed by atoms with Crippen LogP contribution in [0.5, 0.6) is 0 Å². The molecule has 0 spiro atoms. The molecule has 2 aliphatic heterocycles. The molecule has 0 radical (unpaired) electrons. The highest BCUT2D eigenvalue weighted by molar-refractivity contribution is 6.03. The van der Waals surface area contributed by atoms with Crippen molar-refractivity contribution in [1.82, 2.24) is 111 Å². The van der Waals surface area contributed by atoms with Crippen molar-refractivity contribution < 1.29 is 141 Å². The van der Waals surface area contributed by atoms with Gasteiger partial charge in [-0.3, -0.25) is 122 Å². The second-order valence-corrected chi connectivity index (χ2v) is 37.9. The number of guanidine groups is 3. The zero-order valence-electron chi connectivity index (χ0n) is 85.6. The van der Waals surface area contributed by atoms with Gasteiger partial charge in [0.25, 0.3) is 0 Å². The number of rotatable bonds is 66. The van der Waals surface area contributed by atoms with Gasteiger partial charge in [0, 0.05) is 45.6 Å². The molecule has 832 valence electrons. The zero-order valence-corrected chi connectivity index (χ0v) is 85.6. The van der Waals surface area contributed by atoms with Crippen molar-refractivity contribution in [3.8, 4) is 0 Å². The van der Waals surface area contributed by atoms with E-state index in [4.69, 9.17) is 44.3 Å². The standard InChI is InChI=1S/C92H150N28O29/c1-13-47(10)71(118-84(143)62-28-21-35-120(62)87(146)70(46(8)9)117-81(140)59(40-67(129)130)113-78(137)56(36-43(2)3)110-74(133)51(93)38-65(125)126)88(147)119-34-20-27-61(119)83(142)103-41-63(122)106-52(24-17-31-100-90(94)95)75(134)111-57(37-50-22-15-14-16-23-50)79(138)112-58(39-66(127)128)80(139)108-53(25-18-32-101-91(96)97)76(135)107-54(26-19-33-102-92(98)99)77(136)115-69(45(6)7)86(145)114-60(42-121)82(141)116-68(44(4)5)85(144)105-48(11)72(131)104-49(12)73(132)109-55(89(148)149)29-30-64(123)124/h14-16,22-23,43-49,51-62,68-71,121H,13,17-21,24-42,93H2,1-12H3,(H,103,142)(H,104,131)(H,105,144)(H,106,122)(H,107,135)(H,108,139)(H,109,132)(H,110,133)(H,111,134)(H,112,138)(H,113,137)(H,114,145)(H,115,136)(H,116,141)(H,117,140)(H,118,143)(H,123,124)(H,125,126)(H,127,128)(H,129,130)(H,148,149)(H4,94,95,100)(H4,96,97,101)(H4,98,99,102). The molecule has 0 bridgehead atoms. The second-order valence-electron chi connectivity index (χ2n) is 37.9. The second kappa shape index (κ2) is 64.0. The number of carbonyl (C=O) groups excluding carboxylic acids is 18. The van der Waals surface area contributed by atoms with E-state index in [0.717, 1.165) is 0 Å². The normalized spacial score (nSPS) is 16.6. The van der Waals surface area contributed by atoms with E-state index < -0.39 is 345 Å². The largest absolute Gasteiger partial charge is 0.481 e. The van der Waals surface area contributed by atoms with E-state index >= 15 is 0 Å². The molecule has 0 aromatic heterocycles. The van der Waals surface area contributed by atoms with Crippen LogP contribution in [0.25, 0.3) is 0 Å². The molecule has 57 nitrogen and oxygen atoms in total. The molecule has 3 rings (SSSR count). The number of benzene rings is 1. The van der Waals surface area contributed by atoms with Crippen LogP contribution in [0.2, 0.25) is 0 Å². The zero-order chi connectivity index (χ0) is 113. The number of hydrogen-bond donors (Lipinski definition) is 32. The van der Waals surface area contributed by atoms with Crippen molar-refractivity contribution in [2.75, 3.05) is 45.9 Å². The van der Waals surface area contributed by atoms with Gasteiger partial charge in [-0.15, -0.1) is 0 Å². The summed E-state index contributed by atoms with van der Waals surface area (Å²) in [6.45, 7) is 15.8. The first kappa shape index (κ1) is 128. The Hall–Kier alpha value is -15.2. The van der Waals surface area contributed by atoms with Crippen LogP contribution >= 0.6 is 0 Å². The predicted molar refractivity (Wildman–Crippen MR) is 530 cm³/mol. The average Bonchev–Trinajstić information content (AvgIpc) is 1.69. The van der Waals surface area contributed by atoms with Crippen LogP contribution in [0.1, 0.15) is 198 Å². The van der Waals surface area contributed by atoms with Gasteiger partial charge in [-0.2, -0.15) is 0 Å². The summed E-state index contributed by atoms with van der Waals surface area (Å²) < 4.78 is 0. The third-order valence-corrected chi connectivity index (χ3v) is 24.1. The van der Waals surface area contributed by atoms with Crippen LogP contribution in [-0.4, -0.2) is 349 Å². The Labute approximate surface area is 860 Å². The monoisotopic (exact) mass is 2110 g/mol. The number of nitrogens with two attached hydrogens (primary N) is 4. The minimum Gasteiger partial charge on any atom is -0.481 e. The Balaban J connectivity index is 1.94. The summed E-state index contributed by atoms with van der Waals surface area (Å²) in [5, 5.41) is 128. The average molecular weight is 2110 g/mol. The first-order valence-corrected chi connectivity index (χ1v) is 49.0. The van der Waals surface area contributed by atoms with E-state index in [0.29, 0.717) is 5.56 Å². The lowest BCUT2D eigenvalue weighted by Gasteiger charge is -2.34. The van der Waals surface area contributed by atoms with Crippen LogP contribution < -0.4 is 124 Å². The van der Waals surface area contributed by atoms with Gasteiger partial charge in [0.2, 0.25) is 106 Å². The summed E-state index contributed by atoms with van der Waals surface area (Å²) in [6, 6.07) is -20.7. The molecule has 0 saturated carbocycles. The first-order chi connectivity index (χ1) is 69.8. The first-order valence-electron chi connectivity index (χ1n) is 49.0. The summed E-state index contributed by atoms with van der Waals surface area (Å²) in [5.41, 5.74) is 22.7. The molecule has 1 aromatic carbocycles. The Bertz CT molecular complexity index is 4880. The third-order valence-electron chi connectivity index (χ3n) is 24.1. The molecule has 149 heavy (non-hydrogen) atoms. The maximum Gasteiger partial charge on any atom is 0.326 e. The molecule has 18 amide bonds. The number of hydrogen-bond acceptors (Lipinski definition) is 28. The van der Waals surface area contributed by atoms with Gasteiger partial charge in [0.1, 0.15) is 103 Å². The summed E-state index contributed by atoms with van der Waals surface area (Å²) in [6.07, 6.45) is -4.85. The number of aliphatic carboxylic acids is 5. The van der Waals surface area contributed by atoms with Gasteiger partial charge >= 0.3 is 29.8 Å². The molecular weight excluding hydrogens is 1960 g/mol. The van der Waals surface area contributed by atoms with Gasteiger partial charge in [-0.1, -0.05) is 106 Å². The third kappa shape index (κ3) is 45.3. The lowest BCUT2D eigenvalue weighted by atomic mass is 9.96. The van der Waals surface area contributed by atoms with E-state index in [1.807, 2.05) is 0 Å². The fourth-order valence-corrected chi connectivity index (χ4v) is 15.7. The number of amides is 18. The SMILES string of the molecule is CCC(C)C(NC(=O)C1CCCN1C(=O)C(NC(=O)C(CC(=O)O)NC(=O)C(CC(C)C)NC(=O)C(N)CC(=O)O)C(C)C)C(=O)N1CCCC1C(=O)NCC(=O)NC(CCCNC(=N)N)C(=O)NC(Cc1ccccc1)C(=O)NC(CC(=O)O)C(=O)NC(CCCNC(=N)N)C(=O)NC(CCCNC(=N)N)C(=O)NC(C(=O)NC(CO)C(=O)NC(C(=O)NC(C)C(=O)NC(C)C(=O)NC(CCC(=O)O)C(=O)O)C(C)C)C(C)C. The topological polar surface area (TPSA) is 925 Å². The quantitative estimate of drug-likeness (QED) is 0.0164. The van der Waals surface area contributed by atoms with Gasteiger partial charge in [-0.05, 0) is 126 Å². The highest BCUT2D eigenvalue weighted by atomic mass is 16.4. The summed E-state index contributed by atoms with van der Waals surface area (Å²) in [7, 11) is 0. The Morgan fingerprint density at radius 2 is 0.738 bits per heavy atom. The lowest BCUT2D eigenvalue weighted by Crippen LogP contribution is -2.62. The van der Waals surface area contributed by atoms with Crippen molar-refractivity contribution in [2.24, 2.45) is 52.5 Å². The Morgan fingerprint density at radius 1 is 0.376 bits per heavy atom. The lowest BCUT2D eigenvalue weighted by molar-refractivity contribution is -0.146. The molecule has 1 aromatic rings. The summed E-state index contributed by atoms with van der Waals surface area (Å²) >= 11 is 0. The molecule has 57 heteroatoms. The molecule has 2 aliphatic rings. The smallest absolute Gasteiger partial charge is 0.326 e. The Kier molecular flexibility index (Phi) is 54.9. The van der Waals surface area contributed by atoms with E-state index in [2.05, 4.69) is 101 Å². The van der Waals surface area contributed by atoms with Gasteiger partial charge in [0.15, 0.2) is 17.9 Å². The van der Waals surface area contributed by atoms with E-state index in [1.54, 1.807) is 71.9 Å². The fourth-order valence-electron chi connectivity index (χ4n) is 15.7. The highest BCUT2D eigenvalue weighted by Crippen LogP contribution is 2.26. The number of carboxylic acid groups (broad SMARTS) is 5. The van der Waals surface area contributed by atoms with Crippen molar-refractivity contribution in [1.29, 1.82) is 16.2 Å². The van der Waals surface area contributed by atoms with Crippen molar-refractivity contribution in [3.05, 3.63) is 35.9 Å². The van der Waals surface area contributed by atoms with Gasteiger partial charge in [0.05, 0.1) is 38.5 Å². The van der Waals surface area contributed by atoms with Crippen LogP contribution in [0, 0.1) is 45.8 Å². The van der Waals surface area contributed by atoms with Crippen LogP contribution in [-0.2, 0) is 117 Å². The minimum atomic E-state index is -2.12. The molecule has 0 aliphatic carbocycles. The van der Waals surface area contributed by atoms with E-state index in [1.165, 1.54) is 51.3 Å². The number of aliphatic hydroxyl groups is 1. The molecule has 36 N–H and O–H groups in total. The number of carbonyl (C=O) groups is 23. The summed E-state index contributed by atoms with van der Waals surface area (Å²) in [5.74, 6) is -30.8. The molecule has 2 fully saturated rings. The molecule has 2 saturated heterocycles. The fraction of sp³-hybridized carbons (Fsp3) is 0.652. The molecule has 19 atom stereocenters. The summed E-state index contributed by atoms with van der Waals surface area (Å²) in [4.78, 5) is 316. The Morgan fingerprint density at radius 3 is 1.17 bits per heavy atom. The highest BCUT2D eigenvalue weighted by Gasteiger charge is 2.46. The van der Waals surface area contributed by atoms with E-state index in [9.17, 15) is 136 Å². The number of likely N-dealkylation sites (tertiary alicyclic amines) is 2. The predicted octanol–water partition coefficient (Wildman–Crippen LogP) is -8.82. The van der Waals surface area contributed by atoms with Gasteiger partial charge in [-0.25, -0.2) is 4.79 Å². The molecular formula is C92H150N28O29. The molecule has 2 heterocycles. The van der Waals surface area contributed by atoms with Crippen molar-refractivity contribution in [3.63, 3.8) is 0 Å². The van der Waals surface area contributed by atoms with Crippen LogP contribution in [0.3, 0.4) is 0 Å². The minimum absolute atomic E-state index is 0.0180. The number of nitrogens with zero attached hydrogens (tertiary/aromatic N) is 2. The van der Waals surface area contributed by atoms with Gasteiger partial charge < -0.3 is 164 Å². The van der Waals surface area contributed by atoms with E-state index in [-0.39, 0.29) is 109 Å². The van der Waals surface area contributed by atoms with Crippen LogP contribution in [0.4, 0.5) is 0 Å². The number of aliphatic hydroxyl groups excluding tert-OH is 1. The maximum atomic E-state index is 14.9. The maximum absolute atomic E-state index is 14.9. The van der Waals surface area contributed by atoms with Crippen molar-refractivity contribution >= 4 is 154 Å². The number of carboxylic acids is 5. The molecule has 19 unspecified atom stereocenters. The van der Waals surface area contributed by atoms with Crippen molar-refractivity contribution in [2.45, 2.75) is 307 Å². The van der Waals surface area contributed by atoms with Crippen LogP contribution in [0.15, 0.2) is 30.3 Å².